The summed E-state index contributed by atoms with van der Waals surface area (Å²) >= 11 is 0. The molecule has 0 saturated carbocycles. The van der Waals surface area contributed by atoms with Crippen LogP contribution in [0.15, 0.2) is 23.1 Å². The minimum atomic E-state index is -3.69. The van der Waals surface area contributed by atoms with Crippen molar-refractivity contribution in [3.8, 4) is 6.07 Å². The molecular weight excluding hydrogens is 280 g/mol. The number of aliphatic hydroxyl groups excluding tert-OH is 1. The van der Waals surface area contributed by atoms with Crippen molar-refractivity contribution < 1.29 is 18.3 Å². The van der Waals surface area contributed by atoms with Crippen molar-refractivity contribution in [3.63, 3.8) is 0 Å². The zero-order valence-electron chi connectivity index (χ0n) is 11.5. The Morgan fingerprint density at radius 2 is 2.20 bits per heavy atom. The van der Waals surface area contributed by atoms with Crippen LogP contribution in [0.5, 0.6) is 0 Å². The molecule has 20 heavy (non-hydrogen) atoms. The Kier molecular flexibility index (Phi) is 6.10. The van der Waals surface area contributed by atoms with Crippen LogP contribution in [0.3, 0.4) is 0 Å². The van der Waals surface area contributed by atoms with E-state index in [4.69, 9.17) is 10.00 Å². The normalized spacial score (nSPS) is 12.9. The molecule has 0 heterocycles. The lowest BCUT2D eigenvalue weighted by molar-refractivity contribution is 0.0603. The van der Waals surface area contributed by atoms with E-state index in [1.165, 1.54) is 13.2 Å². The first-order chi connectivity index (χ1) is 9.40. The van der Waals surface area contributed by atoms with E-state index in [0.29, 0.717) is 5.56 Å². The molecular formula is C13H18N2O4S. The van der Waals surface area contributed by atoms with Gasteiger partial charge in [0, 0.05) is 13.7 Å². The molecule has 0 spiro atoms. The Morgan fingerprint density at radius 3 is 2.80 bits per heavy atom. The smallest absolute Gasteiger partial charge is 0.240 e. The van der Waals surface area contributed by atoms with Crippen LogP contribution in [-0.4, -0.2) is 39.9 Å². The van der Waals surface area contributed by atoms with E-state index in [2.05, 4.69) is 4.72 Å². The molecule has 1 atom stereocenters. The molecule has 1 aromatic carbocycles. The largest absolute Gasteiger partial charge is 0.391 e. The maximum Gasteiger partial charge on any atom is 0.240 e. The molecule has 0 aliphatic heterocycles. The van der Waals surface area contributed by atoms with Crippen LogP contribution in [0, 0.1) is 18.3 Å². The Morgan fingerprint density at radius 1 is 1.50 bits per heavy atom. The monoisotopic (exact) mass is 298 g/mol. The summed E-state index contributed by atoms with van der Waals surface area (Å²) in [5, 5.41) is 18.3. The molecule has 0 aliphatic rings. The predicted octanol–water partition coefficient (Wildman–Crippen LogP) is 0.542. The van der Waals surface area contributed by atoms with Gasteiger partial charge in [0.05, 0.1) is 29.2 Å². The van der Waals surface area contributed by atoms with Gasteiger partial charge in [0.2, 0.25) is 10.0 Å². The molecule has 6 nitrogen and oxygen atoms in total. The summed E-state index contributed by atoms with van der Waals surface area (Å²) in [6.07, 6.45) is -0.460. The number of hydrogen-bond donors (Lipinski definition) is 2. The van der Waals surface area contributed by atoms with Crippen LogP contribution in [0.25, 0.3) is 0 Å². The number of nitrogens with one attached hydrogen (secondary N) is 1. The highest BCUT2D eigenvalue weighted by Crippen LogP contribution is 2.16. The number of aliphatic hydroxyl groups is 1. The van der Waals surface area contributed by atoms with Crippen LogP contribution in [0.1, 0.15) is 17.5 Å². The third-order valence-corrected chi connectivity index (χ3v) is 4.34. The molecule has 1 rings (SSSR count). The van der Waals surface area contributed by atoms with Crippen LogP contribution in [-0.2, 0) is 14.8 Å². The van der Waals surface area contributed by atoms with Gasteiger partial charge >= 0.3 is 0 Å². The highest BCUT2D eigenvalue weighted by molar-refractivity contribution is 7.89. The van der Waals surface area contributed by atoms with Gasteiger partial charge in [-0.15, -0.1) is 0 Å². The Bertz CT molecular complexity index is 593. The van der Waals surface area contributed by atoms with Crippen molar-refractivity contribution in [2.45, 2.75) is 24.3 Å². The van der Waals surface area contributed by atoms with Gasteiger partial charge in [-0.3, -0.25) is 0 Å². The fraction of sp³-hybridized carbons (Fsp3) is 0.462. The molecule has 7 heteroatoms. The number of nitriles is 1. The standard InChI is InChI=1S/C13H18N2O4S/c1-10-3-4-11(8-14)7-13(10)20(17,18)15-6-5-12(16)9-19-2/h3-4,7,12,15-16H,5-6,9H2,1-2H3. The molecule has 0 aliphatic carbocycles. The molecule has 110 valence electrons. The topological polar surface area (TPSA) is 99.4 Å². The van der Waals surface area contributed by atoms with Gasteiger partial charge in [0.25, 0.3) is 0 Å². The zero-order valence-corrected chi connectivity index (χ0v) is 12.3. The van der Waals surface area contributed by atoms with Crippen LogP contribution >= 0.6 is 0 Å². The van der Waals surface area contributed by atoms with Gasteiger partial charge in [0.1, 0.15) is 0 Å². The lowest BCUT2D eigenvalue weighted by atomic mass is 10.2. The van der Waals surface area contributed by atoms with E-state index < -0.39 is 16.1 Å². The molecule has 0 fully saturated rings. The number of sulfonamides is 1. The van der Waals surface area contributed by atoms with Gasteiger partial charge in [-0.1, -0.05) is 6.07 Å². The molecule has 0 amide bonds. The fourth-order valence-electron chi connectivity index (χ4n) is 1.67. The second-order valence-corrected chi connectivity index (χ2v) is 6.12. The van der Waals surface area contributed by atoms with Gasteiger partial charge in [-0.2, -0.15) is 5.26 Å². The summed E-state index contributed by atoms with van der Waals surface area (Å²) in [5.41, 5.74) is 0.851. The average Bonchev–Trinajstić information content (AvgIpc) is 2.39. The predicted molar refractivity (Wildman–Crippen MR) is 73.6 cm³/mol. The second kappa shape index (κ2) is 7.36. The van der Waals surface area contributed by atoms with E-state index in [9.17, 15) is 13.5 Å². The summed E-state index contributed by atoms with van der Waals surface area (Å²) in [5.74, 6) is 0. The summed E-state index contributed by atoms with van der Waals surface area (Å²) < 4.78 is 31.4. The Labute approximate surface area is 119 Å². The summed E-state index contributed by atoms with van der Waals surface area (Å²) in [7, 11) is -2.22. The number of benzene rings is 1. The fourth-order valence-corrected chi connectivity index (χ4v) is 2.99. The second-order valence-electron chi connectivity index (χ2n) is 4.39. The molecule has 2 N–H and O–H groups in total. The number of aryl methyl sites for hydroxylation is 1. The highest BCUT2D eigenvalue weighted by atomic mass is 32.2. The van der Waals surface area contributed by atoms with Crippen LogP contribution < -0.4 is 4.72 Å². The molecule has 0 aromatic heterocycles. The van der Waals surface area contributed by atoms with E-state index >= 15 is 0 Å². The molecule has 0 saturated heterocycles. The highest BCUT2D eigenvalue weighted by Gasteiger charge is 2.17. The first-order valence-corrected chi connectivity index (χ1v) is 7.56. The molecule has 1 unspecified atom stereocenters. The SMILES string of the molecule is COCC(O)CCNS(=O)(=O)c1cc(C#N)ccc1C. The van der Waals surface area contributed by atoms with Gasteiger partial charge < -0.3 is 9.84 Å². The Balaban J connectivity index is 2.77. The average molecular weight is 298 g/mol. The summed E-state index contributed by atoms with van der Waals surface area (Å²) in [6.45, 7) is 1.92. The van der Waals surface area contributed by atoms with Crippen molar-refractivity contribution in [1.29, 1.82) is 5.26 Å². The minimum absolute atomic E-state index is 0.0813. The molecule has 0 bridgehead atoms. The quantitative estimate of drug-likeness (QED) is 0.765. The van der Waals surface area contributed by atoms with E-state index in [1.807, 2.05) is 6.07 Å². The van der Waals surface area contributed by atoms with Crippen LogP contribution in [0.4, 0.5) is 0 Å². The van der Waals surface area contributed by atoms with Gasteiger partial charge in [0.15, 0.2) is 0 Å². The van der Waals surface area contributed by atoms with Gasteiger partial charge in [-0.25, -0.2) is 13.1 Å². The number of nitrogens with zero attached hydrogens (tertiary/aromatic N) is 1. The maximum atomic E-state index is 12.1. The summed E-state index contributed by atoms with van der Waals surface area (Å²) in [6, 6.07) is 6.40. The minimum Gasteiger partial charge on any atom is -0.391 e. The van der Waals surface area contributed by atoms with E-state index in [-0.39, 0.29) is 30.0 Å². The lowest BCUT2D eigenvalue weighted by Gasteiger charge is -2.12. The Hall–Kier alpha value is -1.46. The maximum absolute atomic E-state index is 12.1. The van der Waals surface area contributed by atoms with Crippen molar-refractivity contribution in [2.24, 2.45) is 0 Å². The lowest BCUT2D eigenvalue weighted by Crippen LogP contribution is -2.29. The van der Waals surface area contributed by atoms with Crippen molar-refractivity contribution in [3.05, 3.63) is 29.3 Å². The van der Waals surface area contributed by atoms with Crippen molar-refractivity contribution >= 4 is 10.0 Å². The van der Waals surface area contributed by atoms with E-state index in [0.717, 1.165) is 0 Å². The van der Waals surface area contributed by atoms with E-state index in [1.54, 1.807) is 19.1 Å². The van der Waals surface area contributed by atoms with Crippen molar-refractivity contribution in [2.75, 3.05) is 20.3 Å². The third-order valence-electron chi connectivity index (χ3n) is 2.74. The number of rotatable bonds is 7. The zero-order chi connectivity index (χ0) is 15.2. The van der Waals surface area contributed by atoms with Crippen molar-refractivity contribution in [1.82, 2.24) is 4.72 Å². The number of ether oxygens (including phenoxy) is 1. The van der Waals surface area contributed by atoms with Gasteiger partial charge in [-0.05, 0) is 31.0 Å². The number of methoxy groups -OCH3 is 1. The van der Waals surface area contributed by atoms with Crippen LogP contribution in [0.2, 0.25) is 0 Å². The first kappa shape index (κ1) is 16.6. The first-order valence-electron chi connectivity index (χ1n) is 6.08. The molecule has 0 radical (unpaired) electrons. The molecule has 1 aromatic rings. The number of hydrogen-bond acceptors (Lipinski definition) is 5. The summed E-state index contributed by atoms with van der Waals surface area (Å²) in [4.78, 5) is 0.0813. The third kappa shape index (κ3) is 4.58.